The Kier molecular flexibility index (Phi) is 3.13. The normalized spacial score (nSPS) is 17.9. The summed E-state index contributed by atoms with van der Waals surface area (Å²) in [5, 5.41) is 4.02. The molecule has 0 radical (unpaired) electrons. The Balaban J connectivity index is 1.73. The lowest BCUT2D eigenvalue weighted by Gasteiger charge is -2.07. The van der Waals surface area contributed by atoms with Gasteiger partial charge in [-0.05, 0) is 36.3 Å². The molecule has 1 aliphatic rings. The highest BCUT2D eigenvalue weighted by Crippen LogP contribution is 2.34. The lowest BCUT2D eigenvalue weighted by molar-refractivity contribution is 0.363. The Bertz CT molecular complexity index is 533. The van der Waals surface area contributed by atoms with E-state index in [0.717, 1.165) is 31.0 Å². The number of fused-ring (bicyclic) bond motifs is 1. The maximum absolute atomic E-state index is 5.33. The molecule has 1 atom stereocenters. The molecule has 18 heavy (non-hydrogen) atoms. The highest BCUT2D eigenvalue weighted by Gasteiger charge is 2.24. The monoisotopic (exact) mass is 242 g/mol. The summed E-state index contributed by atoms with van der Waals surface area (Å²) in [4.78, 5) is 4.46. The second kappa shape index (κ2) is 4.92. The van der Waals surface area contributed by atoms with Crippen LogP contribution in [-0.2, 0) is 19.3 Å². The molecule has 0 bridgehead atoms. The lowest BCUT2D eigenvalue weighted by atomic mass is 9.98. The zero-order valence-electron chi connectivity index (χ0n) is 10.7. The molecule has 94 valence electrons. The van der Waals surface area contributed by atoms with E-state index in [1.54, 1.807) is 0 Å². The molecule has 2 aromatic rings. The van der Waals surface area contributed by atoms with Gasteiger partial charge in [-0.25, -0.2) is 0 Å². The Morgan fingerprint density at radius 3 is 3.11 bits per heavy atom. The maximum Gasteiger partial charge on any atom is 0.227 e. The highest BCUT2D eigenvalue weighted by atomic mass is 16.5. The number of rotatable bonds is 4. The van der Waals surface area contributed by atoms with Crippen LogP contribution in [-0.4, -0.2) is 10.1 Å². The predicted molar refractivity (Wildman–Crippen MR) is 69.5 cm³/mol. The molecule has 0 saturated carbocycles. The van der Waals surface area contributed by atoms with Crippen molar-refractivity contribution in [2.24, 2.45) is 0 Å². The van der Waals surface area contributed by atoms with Crippen LogP contribution in [0.15, 0.2) is 28.8 Å². The Hall–Kier alpha value is -1.64. The summed E-state index contributed by atoms with van der Waals surface area (Å²) in [6, 6.07) is 8.70. The molecular formula is C15H18N2O. The molecule has 0 spiro atoms. The number of aromatic nitrogens is 2. The van der Waals surface area contributed by atoms with Crippen LogP contribution in [0.1, 0.15) is 48.5 Å². The molecule has 3 rings (SSSR count). The van der Waals surface area contributed by atoms with Crippen molar-refractivity contribution < 1.29 is 4.52 Å². The van der Waals surface area contributed by atoms with Crippen molar-refractivity contribution in [2.45, 2.75) is 44.9 Å². The van der Waals surface area contributed by atoms with Crippen molar-refractivity contribution in [1.29, 1.82) is 0 Å². The fourth-order valence-corrected chi connectivity index (χ4v) is 2.77. The van der Waals surface area contributed by atoms with Gasteiger partial charge in [-0.15, -0.1) is 0 Å². The standard InChI is InChI=1S/C15H18N2O/c1-2-5-14-16-15(18-17-14)10-12-9-8-11-6-3-4-7-13(11)12/h3-4,6-7,12H,2,5,8-10H2,1H3. The fraction of sp³-hybridized carbons (Fsp3) is 0.467. The van der Waals surface area contributed by atoms with E-state index < -0.39 is 0 Å². The number of benzene rings is 1. The van der Waals surface area contributed by atoms with Gasteiger partial charge in [0.1, 0.15) is 0 Å². The molecule has 0 fully saturated rings. The fourth-order valence-electron chi connectivity index (χ4n) is 2.77. The first kappa shape index (κ1) is 11.5. The Morgan fingerprint density at radius 1 is 1.33 bits per heavy atom. The van der Waals surface area contributed by atoms with Gasteiger partial charge in [-0.3, -0.25) is 0 Å². The van der Waals surface area contributed by atoms with Crippen LogP contribution in [0, 0.1) is 0 Å². The zero-order chi connectivity index (χ0) is 12.4. The first-order valence-corrected chi connectivity index (χ1v) is 6.76. The Morgan fingerprint density at radius 2 is 2.22 bits per heavy atom. The molecular weight excluding hydrogens is 224 g/mol. The van der Waals surface area contributed by atoms with E-state index in [2.05, 4.69) is 41.3 Å². The van der Waals surface area contributed by atoms with Crippen LogP contribution in [0.5, 0.6) is 0 Å². The quantitative estimate of drug-likeness (QED) is 0.825. The van der Waals surface area contributed by atoms with Gasteiger partial charge in [0.15, 0.2) is 5.82 Å². The Labute approximate surface area is 107 Å². The molecule has 1 unspecified atom stereocenters. The molecule has 0 N–H and O–H groups in total. The molecule has 3 nitrogen and oxygen atoms in total. The van der Waals surface area contributed by atoms with Gasteiger partial charge in [0.2, 0.25) is 5.89 Å². The zero-order valence-corrected chi connectivity index (χ0v) is 10.7. The van der Waals surface area contributed by atoms with Gasteiger partial charge in [0, 0.05) is 12.8 Å². The van der Waals surface area contributed by atoms with Crippen LogP contribution in [0.2, 0.25) is 0 Å². The summed E-state index contributed by atoms with van der Waals surface area (Å²) in [5.74, 6) is 2.19. The van der Waals surface area contributed by atoms with E-state index in [1.807, 2.05) is 0 Å². The number of nitrogens with zero attached hydrogens (tertiary/aromatic N) is 2. The topological polar surface area (TPSA) is 38.9 Å². The minimum Gasteiger partial charge on any atom is -0.339 e. The minimum atomic E-state index is 0.552. The second-order valence-electron chi connectivity index (χ2n) is 4.99. The van der Waals surface area contributed by atoms with Crippen molar-refractivity contribution in [3.05, 3.63) is 47.1 Å². The molecule has 1 heterocycles. The van der Waals surface area contributed by atoms with E-state index in [9.17, 15) is 0 Å². The smallest absolute Gasteiger partial charge is 0.227 e. The first-order chi connectivity index (χ1) is 8.86. The third kappa shape index (κ3) is 2.17. The summed E-state index contributed by atoms with van der Waals surface area (Å²) in [6.45, 7) is 2.13. The lowest BCUT2D eigenvalue weighted by Crippen LogP contribution is -1.99. The third-order valence-corrected chi connectivity index (χ3v) is 3.66. The van der Waals surface area contributed by atoms with Gasteiger partial charge in [-0.2, -0.15) is 4.98 Å². The van der Waals surface area contributed by atoms with Crippen LogP contribution >= 0.6 is 0 Å². The molecule has 1 aliphatic carbocycles. The van der Waals surface area contributed by atoms with Gasteiger partial charge >= 0.3 is 0 Å². The van der Waals surface area contributed by atoms with Gasteiger partial charge in [0.05, 0.1) is 0 Å². The summed E-state index contributed by atoms with van der Waals surface area (Å²) in [5.41, 5.74) is 2.95. The summed E-state index contributed by atoms with van der Waals surface area (Å²) in [7, 11) is 0. The molecule has 3 heteroatoms. The van der Waals surface area contributed by atoms with Crippen LogP contribution < -0.4 is 0 Å². The van der Waals surface area contributed by atoms with E-state index in [1.165, 1.54) is 24.0 Å². The van der Waals surface area contributed by atoms with Gasteiger partial charge in [-0.1, -0.05) is 36.3 Å². The van der Waals surface area contributed by atoms with Crippen LogP contribution in [0.25, 0.3) is 0 Å². The summed E-state index contributed by atoms with van der Waals surface area (Å²) < 4.78 is 5.33. The van der Waals surface area contributed by atoms with Crippen molar-refractivity contribution in [1.82, 2.24) is 10.1 Å². The van der Waals surface area contributed by atoms with E-state index in [0.29, 0.717) is 5.92 Å². The molecule has 0 saturated heterocycles. The van der Waals surface area contributed by atoms with E-state index in [4.69, 9.17) is 4.52 Å². The average molecular weight is 242 g/mol. The first-order valence-electron chi connectivity index (χ1n) is 6.76. The third-order valence-electron chi connectivity index (χ3n) is 3.66. The summed E-state index contributed by atoms with van der Waals surface area (Å²) >= 11 is 0. The SMILES string of the molecule is CCCc1noc(CC2CCc3ccccc32)n1. The molecule has 0 aliphatic heterocycles. The number of aryl methyl sites for hydroxylation is 2. The van der Waals surface area contributed by atoms with Crippen LogP contribution in [0.3, 0.4) is 0 Å². The van der Waals surface area contributed by atoms with Gasteiger partial charge in [0.25, 0.3) is 0 Å². The minimum absolute atomic E-state index is 0.552. The van der Waals surface area contributed by atoms with Crippen molar-refractivity contribution in [3.8, 4) is 0 Å². The number of hydrogen-bond acceptors (Lipinski definition) is 3. The highest BCUT2D eigenvalue weighted by molar-refractivity contribution is 5.35. The van der Waals surface area contributed by atoms with E-state index in [-0.39, 0.29) is 0 Å². The van der Waals surface area contributed by atoms with Crippen LogP contribution in [0.4, 0.5) is 0 Å². The number of hydrogen-bond donors (Lipinski definition) is 0. The maximum atomic E-state index is 5.33. The van der Waals surface area contributed by atoms with E-state index >= 15 is 0 Å². The van der Waals surface area contributed by atoms with Crippen molar-refractivity contribution in [3.63, 3.8) is 0 Å². The van der Waals surface area contributed by atoms with Crippen molar-refractivity contribution >= 4 is 0 Å². The molecule has 1 aromatic carbocycles. The molecule has 0 amide bonds. The predicted octanol–water partition coefficient (Wildman–Crippen LogP) is 3.29. The largest absolute Gasteiger partial charge is 0.339 e. The van der Waals surface area contributed by atoms with Gasteiger partial charge < -0.3 is 4.52 Å². The average Bonchev–Trinajstić information content (AvgIpc) is 2.99. The second-order valence-corrected chi connectivity index (χ2v) is 4.99. The molecule has 1 aromatic heterocycles. The van der Waals surface area contributed by atoms with Crippen molar-refractivity contribution in [2.75, 3.05) is 0 Å². The summed E-state index contributed by atoms with van der Waals surface area (Å²) in [6.07, 6.45) is 5.23.